The molecule has 1 aromatic carbocycles. The minimum absolute atomic E-state index is 0.0177. The maximum Gasteiger partial charge on any atom is 0.258 e. The number of benzene rings is 1. The number of carbonyl (C=O) groups excluding carboxylic acids is 4. The molecule has 1 aromatic rings. The molecule has 0 spiro atoms. The van der Waals surface area contributed by atoms with Crippen molar-refractivity contribution in [2.75, 3.05) is 60.7 Å². The Hall–Kier alpha value is -3.34. The Labute approximate surface area is 206 Å². The van der Waals surface area contributed by atoms with E-state index in [4.69, 9.17) is 14.2 Å². The van der Waals surface area contributed by atoms with E-state index >= 15 is 0 Å². The van der Waals surface area contributed by atoms with Crippen LogP contribution in [0.2, 0.25) is 0 Å². The quantitative estimate of drug-likeness (QED) is 0.586. The molecule has 0 saturated carbocycles. The molecular weight excluding hydrogens is 456 g/mol. The van der Waals surface area contributed by atoms with E-state index in [2.05, 4.69) is 10.6 Å². The summed E-state index contributed by atoms with van der Waals surface area (Å²) in [7, 11) is 4.59. The number of hydrogen-bond donors (Lipinski definition) is 2. The third-order valence-electron chi connectivity index (χ3n) is 5.59. The van der Waals surface area contributed by atoms with Crippen LogP contribution in [0.5, 0.6) is 11.5 Å². The second kappa shape index (κ2) is 14.1. The molecule has 2 bridgehead atoms. The highest BCUT2D eigenvalue weighted by atomic mass is 16.5. The molecular formula is C24H36N4O7. The number of nitrogens with one attached hydrogen (secondary N) is 2. The zero-order valence-corrected chi connectivity index (χ0v) is 20.9. The van der Waals surface area contributed by atoms with Crippen LogP contribution in [0.4, 0.5) is 0 Å². The van der Waals surface area contributed by atoms with Crippen LogP contribution < -0.4 is 20.1 Å². The van der Waals surface area contributed by atoms with Gasteiger partial charge in [-0.3, -0.25) is 19.2 Å². The minimum atomic E-state index is -0.724. The molecule has 2 aliphatic rings. The first-order chi connectivity index (χ1) is 16.8. The van der Waals surface area contributed by atoms with E-state index in [-0.39, 0.29) is 30.9 Å². The zero-order valence-electron chi connectivity index (χ0n) is 20.9. The molecule has 0 saturated heterocycles. The van der Waals surface area contributed by atoms with Crippen LogP contribution in [0.15, 0.2) is 18.2 Å². The Balaban J connectivity index is 2.16. The summed E-state index contributed by atoms with van der Waals surface area (Å²) in [6.07, 6.45) is 1.95. The molecule has 0 fully saturated rings. The van der Waals surface area contributed by atoms with E-state index in [0.29, 0.717) is 62.5 Å². The fourth-order valence-corrected chi connectivity index (χ4v) is 3.66. The summed E-state index contributed by atoms with van der Waals surface area (Å²) in [5.74, 6) is -0.489. The van der Waals surface area contributed by atoms with Crippen LogP contribution in [0.1, 0.15) is 36.5 Å². The van der Waals surface area contributed by atoms with Crippen molar-refractivity contribution in [3.05, 3.63) is 23.8 Å². The average Bonchev–Trinajstić information content (AvgIpc) is 2.84. The largest absolute Gasteiger partial charge is 0.493 e. The first kappa shape index (κ1) is 27.9. The van der Waals surface area contributed by atoms with Gasteiger partial charge in [0.25, 0.3) is 11.8 Å². The van der Waals surface area contributed by atoms with E-state index in [1.807, 2.05) is 0 Å². The van der Waals surface area contributed by atoms with Crippen molar-refractivity contribution >= 4 is 23.6 Å². The number of amides is 4. The lowest BCUT2D eigenvalue weighted by Crippen LogP contribution is -2.47. The molecule has 11 nitrogen and oxygen atoms in total. The SMILES string of the molecule is COCC(=O)N1CCCCN(C)C(=O)[C@H](C)NC(=O)COc2ccc(cc2OC)C(=O)NCCC1. The lowest BCUT2D eigenvalue weighted by molar-refractivity contribution is -0.136. The van der Waals surface area contributed by atoms with Gasteiger partial charge in [0.05, 0.1) is 7.11 Å². The van der Waals surface area contributed by atoms with Crippen molar-refractivity contribution < 1.29 is 33.4 Å². The molecule has 35 heavy (non-hydrogen) atoms. The number of methoxy groups -OCH3 is 2. The maximum absolute atomic E-state index is 12.6. The van der Waals surface area contributed by atoms with Crippen molar-refractivity contribution in [2.45, 2.75) is 32.2 Å². The summed E-state index contributed by atoms with van der Waals surface area (Å²) in [6.45, 7) is 3.14. The maximum atomic E-state index is 12.6. The van der Waals surface area contributed by atoms with Crippen LogP contribution in [-0.2, 0) is 19.1 Å². The highest BCUT2D eigenvalue weighted by Gasteiger charge is 2.21. The third-order valence-corrected chi connectivity index (χ3v) is 5.59. The number of likely N-dealkylation sites (N-methyl/N-ethyl adjacent to an activating group) is 1. The topological polar surface area (TPSA) is 127 Å². The fraction of sp³-hybridized carbons (Fsp3) is 0.583. The molecule has 2 heterocycles. The van der Waals surface area contributed by atoms with E-state index in [1.165, 1.54) is 20.3 Å². The standard InChI is InChI=1S/C24H36N4O7/c1-17-24(32)27(2)11-5-6-12-28(22(30)16-33-3)13-7-10-25-23(31)18-8-9-19(20(14-18)34-4)35-15-21(29)26-17/h8-9,14,17H,5-7,10-13,15-16H2,1-4H3,(H,25,31)(H,26,29)/t17-/m0/s1. The Morgan fingerprint density at radius 2 is 1.83 bits per heavy atom. The summed E-state index contributed by atoms with van der Waals surface area (Å²) >= 11 is 0. The fourth-order valence-electron chi connectivity index (χ4n) is 3.66. The van der Waals surface area contributed by atoms with Gasteiger partial charge in [-0.15, -0.1) is 0 Å². The van der Waals surface area contributed by atoms with Gasteiger partial charge in [0.2, 0.25) is 11.8 Å². The molecule has 0 aliphatic carbocycles. The van der Waals surface area contributed by atoms with Gasteiger partial charge >= 0.3 is 0 Å². The molecule has 1 atom stereocenters. The van der Waals surface area contributed by atoms with Gasteiger partial charge in [0, 0.05) is 45.9 Å². The van der Waals surface area contributed by atoms with Crippen molar-refractivity contribution in [1.82, 2.24) is 20.4 Å². The van der Waals surface area contributed by atoms with E-state index < -0.39 is 11.9 Å². The molecule has 194 valence electrons. The van der Waals surface area contributed by atoms with E-state index in [1.54, 1.807) is 35.9 Å². The van der Waals surface area contributed by atoms with Gasteiger partial charge in [-0.05, 0) is 44.4 Å². The number of nitrogens with zero attached hydrogens (tertiary/aromatic N) is 2. The van der Waals surface area contributed by atoms with E-state index in [9.17, 15) is 19.2 Å². The zero-order chi connectivity index (χ0) is 25.8. The first-order valence-corrected chi connectivity index (χ1v) is 11.7. The molecule has 3 rings (SSSR count). The Morgan fingerprint density at radius 3 is 2.54 bits per heavy atom. The molecule has 2 N–H and O–H groups in total. The Bertz CT molecular complexity index is 893. The summed E-state index contributed by atoms with van der Waals surface area (Å²) in [4.78, 5) is 53.2. The minimum Gasteiger partial charge on any atom is -0.493 e. The van der Waals surface area contributed by atoms with Crippen LogP contribution in [0.3, 0.4) is 0 Å². The van der Waals surface area contributed by atoms with Crippen LogP contribution >= 0.6 is 0 Å². The second-order valence-electron chi connectivity index (χ2n) is 8.33. The highest BCUT2D eigenvalue weighted by Crippen LogP contribution is 2.28. The Kier molecular flexibility index (Phi) is 11.3. The van der Waals surface area contributed by atoms with Gasteiger partial charge in [0.15, 0.2) is 18.1 Å². The molecule has 0 radical (unpaired) electrons. The van der Waals surface area contributed by atoms with Crippen molar-refractivity contribution in [2.24, 2.45) is 0 Å². The van der Waals surface area contributed by atoms with Gasteiger partial charge in [0.1, 0.15) is 12.6 Å². The summed E-state index contributed by atoms with van der Waals surface area (Å²) < 4.78 is 15.8. The normalized spacial score (nSPS) is 19.3. The lowest BCUT2D eigenvalue weighted by atomic mass is 10.2. The van der Waals surface area contributed by atoms with Crippen LogP contribution in [0, 0.1) is 0 Å². The first-order valence-electron chi connectivity index (χ1n) is 11.7. The number of ether oxygens (including phenoxy) is 3. The van der Waals surface area contributed by atoms with Gasteiger partial charge < -0.3 is 34.6 Å². The highest BCUT2D eigenvalue weighted by molar-refractivity contribution is 5.95. The van der Waals surface area contributed by atoms with Crippen molar-refractivity contribution in [3.63, 3.8) is 0 Å². The smallest absolute Gasteiger partial charge is 0.258 e. The van der Waals surface area contributed by atoms with Gasteiger partial charge in [-0.1, -0.05) is 0 Å². The molecule has 11 heteroatoms. The van der Waals surface area contributed by atoms with E-state index in [0.717, 1.165) is 0 Å². The second-order valence-corrected chi connectivity index (χ2v) is 8.33. The lowest BCUT2D eigenvalue weighted by Gasteiger charge is -2.24. The van der Waals surface area contributed by atoms with Gasteiger partial charge in [-0.2, -0.15) is 0 Å². The molecule has 0 unspecified atom stereocenters. The summed E-state index contributed by atoms with van der Waals surface area (Å²) in [5.41, 5.74) is 0.374. The number of rotatable bonds is 3. The summed E-state index contributed by atoms with van der Waals surface area (Å²) in [5, 5.41) is 5.48. The predicted molar refractivity (Wildman–Crippen MR) is 128 cm³/mol. The van der Waals surface area contributed by atoms with Crippen molar-refractivity contribution in [3.8, 4) is 11.5 Å². The molecule has 4 amide bonds. The average molecular weight is 493 g/mol. The van der Waals surface area contributed by atoms with Crippen molar-refractivity contribution in [1.29, 1.82) is 0 Å². The molecule has 2 aliphatic heterocycles. The number of carbonyl (C=O) groups is 4. The predicted octanol–water partition coefficient (Wildman–Crippen LogP) is 0.426. The van der Waals surface area contributed by atoms with Gasteiger partial charge in [-0.25, -0.2) is 0 Å². The third kappa shape index (κ3) is 8.75. The van der Waals surface area contributed by atoms with Crippen LogP contribution in [-0.4, -0.2) is 100 Å². The summed E-state index contributed by atoms with van der Waals surface area (Å²) in [6, 6.07) is 3.93. The van der Waals surface area contributed by atoms with Crippen LogP contribution in [0.25, 0.3) is 0 Å². The monoisotopic (exact) mass is 492 g/mol. The number of hydrogen-bond acceptors (Lipinski definition) is 7. The Morgan fingerprint density at radius 1 is 1.11 bits per heavy atom. The number of fused-ring (bicyclic) bond motifs is 18. The molecule has 0 aromatic heterocycles.